The molecule has 3 aromatic carbocycles. The molecule has 1 atom stereocenters. The van der Waals surface area contributed by atoms with Crippen molar-refractivity contribution in [3.63, 3.8) is 0 Å². The van der Waals surface area contributed by atoms with Crippen LogP contribution in [0.15, 0.2) is 66.7 Å². The molecule has 29 heavy (non-hydrogen) atoms. The van der Waals surface area contributed by atoms with Gasteiger partial charge in [0.05, 0.1) is 16.3 Å². The first-order valence-corrected chi connectivity index (χ1v) is 9.41. The monoisotopic (exact) mass is 408 g/mol. The molecular weight excluding hydrogens is 388 g/mol. The third kappa shape index (κ3) is 5.15. The number of hydrogen-bond acceptors (Lipinski definition) is 4. The molecule has 1 unspecified atom stereocenters. The van der Waals surface area contributed by atoms with Gasteiger partial charge in [0.25, 0.3) is 5.91 Å². The fraction of sp³-hybridized carbons (Fsp3) is 0.130. The molecule has 0 radical (unpaired) electrons. The van der Waals surface area contributed by atoms with Gasteiger partial charge in [-0.3, -0.25) is 4.79 Å². The second-order valence-corrected chi connectivity index (χ2v) is 7.21. The summed E-state index contributed by atoms with van der Waals surface area (Å²) in [5.41, 5.74) is 9.48. The van der Waals surface area contributed by atoms with Crippen LogP contribution in [0.4, 0.5) is 11.4 Å². The van der Waals surface area contributed by atoms with Crippen LogP contribution in [0.2, 0.25) is 5.02 Å². The summed E-state index contributed by atoms with van der Waals surface area (Å²) >= 11 is 5.91. The molecule has 0 aromatic heterocycles. The Balaban J connectivity index is 1.87. The molecule has 1 amide bonds. The van der Waals surface area contributed by atoms with Crippen LogP contribution in [0.3, 0.4) is 0 Å². The highest BCUT2D eigenvalue weighted by molar-refractivity contribution is 6.33. The zero-order valence-electron chi connectivity index (χ0n) is 16.1. The lowest BCUT2D eigenvalue weighted by atomic mass is 10.1. The van der Waals surface area contributed by atoms with E-state index in [1.165, 1.54) is 18.2 Å². The number of esters is 1. The van der Waals surface area contributed by atoms with Crippen molar-refractivity contribution in [3.8, 4) is 0 Å². The minimum atomic E-state index is -1.12. The molecule has 3 aromatic rings. The highest BCUT2D eigenvalue weighted by Gasteiger charge is 2.26. The molecule has 6 heteroatoms. The van der Waals surface area contributed by atoms with Crippen LogP contribution in [-0.4, -0.2) is 11.9 Å². The van der Waals surface area contributed by atoms with Crippen LogP contribution in [0.25, 0.3) is 0 Å². The minimum Gasteiger partial charge on any atom is -0.444 e. The van der Waals surface area contributed by atoms with Gasteiger partial charge in [0.2, 0.25) is 6.10 Å². The fourth-order valence-corrected chi connectivity index (χ4v) is 3.12. The number of benzene rings is 3. The number of rotatable bonds is 5. The van der Waals surface area contributed by atoms with Gasteiger partial charge < -0.3 is 15.8 Å². The molecule has 0 fully saturated rings. The molecule has 0 bridgehead atoms. The van der Waals surface area contributed by atoms with Gasteiger partial charge in [-0.15, -0.1) is 0 Å². The second kappa shape index (κ2) is 8.80. The van der Waals surface area contributed by atoms with E-state index in [1.807, 2.05) is 38.1 Å². The number of nitrogens with two attached hydrogens (primary N) is 1. The quantitative estimate of drug-likeness (QED) is 0.456. The van der Waals surface area contributed by atoms with Crippen LogP contribution < -0.4 is 11.1 Å². The van der Waals surface area contributed by atoms with E-state index in [1.54, 1.807) is 24.3 Å². The topological polar surface area (TPSA) is 81.4 Å². The lowest BCUT2D eigenvalue weighted by Crippen LogP contribution is -2.26. The van der Waals surface area contributed by atoms with E-state index in [0.29, 0.717) is 16.3 Å². The van der Waals surface area contributed by atoms with E-state index in [4.69, 9.17) is 22.1 Å². The van der Waals surface area contributed by atoms with E-state index >= 15 is 0 Å². The summed E-state index contributed by atoms with van der Waals surface area (Å²) in [4.78, 5) is 25.6. The Morgan fingerprint density at radius 3 is 2.24 bits per heavy atom. The number of carbonyl (C=O) groups excluding carboxylic acids is 2. The number of nitrogen functional groups attached to an aromatic ring is 1. The number of ether oxygens (including phenoxy) is 1. The maximum atomic E-state index is 13.0. The van der Waals surface area contributed by atoms with Crippen molar-refractivity contribution in [1.82, 2.24) is 0 Å². The van der Waals surface area contributed by atoms with Crippen molar-refractivity contribution >= 4 is 34.9 Å². The molecular formula is C23H21ClN2O3. The number of anilines is 2. The van der Waals surface area contributed by atoms with Gasteiger partial charge in [-0.2, -0.15) is 0 Å². The Hall–Kier alpha value is -3.31. The van der Waals surface area contributed by atoms with Gasteiger partial charge >= 0.3 is 5.97 Å². The van der Waals surface area contributed by atoms with E-state index in [9.17, 15) is 9.59 Å². The fourth-order valence-electron chi connectivity index (χ4n) is 3.00. The second-order valence-electron chi connectivity index (χ2n) is 6.80. The van der Waals surface area contributed by atoms with Gasteiger partial charge in [-0.05, 0) is 55.3 Å². The van der Waals surface area contributed by atoms with E-state index in [2.05, 4.69) is 5.32 Å². The Bertz CT molecular complexity index is 1030. The predicted molar refractivity (Wildman–Crippen MR) is 115 cm³/mol. The molecule has 0 spiro atoms. The van der Waals surface area contributed by atoms with Crippen molar-refractivity contribution < 1.29 is 14.3 Å². The van der Waals surface area contributed by atoms with E-state index in [-0.39, 0.29) is 11.3 Å². The Kier molecular flexibility index (Phi) is 6.20. The minimum absolute atomic E-state index is 0.215. The molecule has 0 saturated carbocycles. The van der Waals surface area contributed by atoms with Crippen molar-refractivity contribution in [3.05, 3.63) is 94.0 Å². The number of nitrogens with one attached hydrogen (secondary N) is 1. The summed E-state index contributed by atoms with van der Waals surface area (Å²) in [6.07, 6.45) is -1.12. The predicted octanol–water partition coefficient (Wildman–Crippen LogP) is 5.08. The summed E-state index contributed by atoms with van der Waals surface area (Å²) in [5, 5.41) is 3.18. The van der Waals surface area contributed by atoms with Crippen molar-refractivity contribution in [1.29, 1.82) is 0 Å². The van der Waals surface area contributed by atoms with Crippen molar-refractivity contribution in [2.45, 2.75) is 20.0 Å². The standard InChI is InChI=1S/C23H21ClN2O3/c1-14-10-15(2)12-18(11-14)26-22(27)21(16-6-4-3-5-7-16)29-23(28)17-8-9-19(24)20(25)13-17/h3-13,21H,25H2,1-2H3,(H,26,27). The maximum absolute atomic E-state index is 13.0. The molecule has 5 nitrogen and oxygen atoms in total. The number of halogens is 1. The molecule has 3 rings (SSSR count). The highest BCUT2D eigenvalue weighted by atomic mass is 35.5. The summed E-state index contributed by atoms with van der Waals surface area (Å²) in [7, 11) is 0. The Morgan fingerprint density at radius 2 is 1.62 bits per heavy atom. The van der Waals surface area contributed by atoms with Gasteiger partial charge in [-0.25, -0.2) is 4.79 Å². The molecule has 0 aliphatic carbocycles. The van der Waals surface area contributed by atoms with Crippen LogP contribution in [0.1, 0.15) is 33.2 Å². The lowest BCUT2D eigenvalue weighted by Gasteiger charge is -2.19. The Labute approximate surface area is 174 Å². The SMILES string of the molecule is Cc1cc(C)cc(NC(=O)C(OC(=O)c2ccc(Cl)c(N)c2)c2ccccc2)c1. The largest absolute Gasteiger partial charge is 0.444 e. The zero-order chi connectivity index (χ0) is 21.0. The third-order valence-corrected chi connectivity index (χ3v) is 4.63. The average Bonchev–Trinajstić information content (AvgIpc) is 2.67. The number of hydrogen-bond donors (Lipinski definition) is 2. The van der Waals surface area contributed by atoms with Crippen LogP contribution in [0.5, 0.6) is 0 Å². The molecule has 0 heterocycles. The van der Waals surface area contributed by atoms with Crippen LogP contribution >= 0.6 is 11.6 Å². The van der Waals surface area contributed by atoms with Gasteiger partial charge in [-0.1, -0.05) is 48.0 Å². The van der Waals surface area contributed by atoms with Crippen molar-refractivity contribution in [2.24, 2.45) is 0 Å². The first kappa shape index (κ1) is 20.4. The summed E-state index contributed by atoms with van der Waals surface area (Å²) in [6.45, 7) is 3.89. The smallest absolute Gasteiger partial charge is 0.339 e. The molecule has 148 valence electrons. The molecule has 0 aliphatic rings. The van der Waals surface area contributed by atoms with Gasteiger partial charge in [0.15, 0.2) is 0 Å². The number of amides is 1. The van der Waals surface area contributed by atoms with Gasteiger partial charge in [0.1, 0.15) is 0 Å². The van der Waals surface area contributed by atoms with E-state index in [0.717, 1.165) is 11.1 Å². The normalized spacial score (nSPS) is 11.6. The summed E-state index contributed by atoms with van der Waals surface area (Å²) in [6, 6.07) is 19.0. The summed E-state index contributed by atoms with van der Waals surface area (Å²) < 4.78 is 5.56. The molecule has 0 saturated heterocycles. The third-order valence-electron chi connectivity index (χ3n) is 4.29. The van der Waals surface area contributed by atoms with E-state index < -0.39 is 18.0 Å². The maximum Gasteiger partial charge on any atom is 0.339 e. The average molecular weight is 409 g/mol. The first-order valence-electron chi connectivity index (χ1n) is 9.03. The summed E-state index contributed by atoms with van der Waals surface area (Å²) in [5.74, 6) is -1.12. The number of carbonyl (C=O) groups is 2. The van der Waals surface area contributed by atoms with Crippen LogP contribution in [0, 0.1) is 13.8 Å². The first-order chi connectivity index (χ1) is 13.8. The van der Waals surface area contributed by atoms with Gasteiger partial charge in [0, 0.05) is 11.3 Å². The molecule has 3 N–H and O–H groups in total. The number of aryl methyl sites for hydroxylation is 2. The van der Waals surface area contributed by atoms with Crippen molar-refractivity contribution in [2.75, 3.05) is 11.1 Å². The Morgan fingerprint density at radius 1 is 0.966 bits per heavy atom. The zero-order valence-corrected chi connectivity index (χ0v) is 16.9. The molecule has 0 aliphatic heterocycles. The van der Waals surface area contributed by atoms with Crippen LogP contribution in [-0.2, 0) is 9.53 Å². The lowest BCUT2D eigenvalue weighted by molar-refractivity contribution is -0.125. The highest BCUT2D eigenvalue weighted by Crippen LogP contribution is 2.25.